The van der Waals surface area contributed by atoms with Crippen LogP contribution in [-0.4, -0.2) is 42.7 Å². The van der Waals surface area contributed by atoms with Crippen LogP contribution >= 0.6 is 11.3 Å². The number of hydrogen-bond acceptors (Lipinski definition) is 4. The lowest BCUT2D eigenvalue weighted by molar-refractivity contribution is 0.142. The molecule has 1 N–H and O–H groups in total. The molecule has 3 rings (SSSR count). The van der Waals surface area contributed by atoms with Crippen LogP contribution in [0.15, 0.2) is 47.8 Å². The van der Waals surface area contributed by atoms with E-state index in [2.05, 4.69) is 40.1 Å². The third kappa shape index (κ3) is 3.84. The molecule has 2 heterocycles. The van der Waals surface area contributed by atoms with Gasteiger partial charge in [-0.3, -0.25) is 4.90 Å². The number of piperazine rings is 1. The topological polar surface area (TPSA) is 26.7 Å². The molecular formula is C17H22N2OS. The van der Waals surface area contributed by atoms with Gasteiger partial charge in [-0.1, -0.05) is 24.3 Å². The Morgan fingerprint density at radius 2 is 1.76 bits per heavy atom. The fraction of sp³-hybridized carbons (Fsp3) is 0.412. The van der Waals surface area contributed by atoms with E-state index in [1.165, 1.54) is 5.69 Å². The summed E-state index contributed by atoms with van der Waals surface area (Å²) in [7, 11) is 0. The van der Waals surface area contributed by atoms with Gasteiger partial charge < -0.3 is 10.0 Å². The third-order valence-electron chi connectivity index (χ3n) is 4.08. The van der Waals surface area contributed by atoms with Gasteiger partial charge in [0.05, 0.1) is 6.10 Å². The van der Waals surface area contributed by atoms with Gasteiger partial charge in [0.1, 0.15) is 0 Å². The fourth-order valence-corrected chi connectivity index (χ4v) is 3.54. The van der Waals surface area contributed by atoms with Gasteiger partial charge in [0.15, 0.2) is 0 Å². The Labute approximate surface area is 130 Å². The highest BCUT2D eigenvalue weighted by molar-refractivity contribution is 7.10. The lowest BCUT2D eigenvalue weighted by atomic mass is 10.2. The molecule has 3 nitrogen and oxygen atoms in total. The summed E-state index contributed by atoms with van der Waals surface area (Å²) in [5, 5.41) is 12.2. The number of rotatable bonds is 5. The minimum atomic E-state index is -0.308. The summed E-state index contributed by atoms with van der Waals surface area (Å²) in [4.78, 5) is 5.97. The van der Waals surface area contributed by atoms with Crippen molar-refractivity contribution in [2.75, 3.05) is 37.6 Å². The molecule has 1 fully saturated rings. The summed E-state index contributed by atoms with van der Waals surface area (Å²) < 4.78 is 0. The molecule has 0 bridgehead atoms. The molecule has 0 aliphatic carbocycles. The second kappa shape index (κ2) is 7.07. The van der Waals surface area contributed by atoms with Gasteiger partial charge in [0, 0.05) is 43.3 Å². The van der Waals surface area contributed by atoms with Crippen LogP contribution in [-0.2, 0) is 0 Å². The van der Waals surface area contributed by atoms with Crippen molar-refractivity contribution >= 4 is 17.0 Å². The Morgan fingerprint density at radius 1 is 1.00 bits per heavy atom. The zero-order valence-corrected chi connectivity index (χ0v) is 13.0. The summed E-state index contributed by atoms with van der Waals surface area (Å²) in [5.41, 5.74) is 1.32. The fourth-order valence-electron chi connectivity index (χ4n) is 2.80. The Hall–Kier alpha value is -1.36. The first-order chi connectivity index (χ1) is 10.3. The van der Waals surface area contributed by atoms with Crippen molar-refractivity contribution in [3.8, 4) is 0 Å². The van der Waals surface area contributed by atoms with Gasteiger partial charge >= 0.3 is 0 Å². The molecule has 2 aromatic rings. The van der Waals surface area contributed by atoms with Crippen molar-refractivity contribution in [2.45, 2.75) is 12.5 Å². The first-order valence-corrected chi connectivity index (χ1v) is 8.45. The molecule has 1 aromatic carbocycles. The van der Waals surface area contributed by atoms with E-state index in [1.807, 2.05) is 17.5 Å². The summed E-state index contributed by atoms with van der Waals surface area (Å²) in [5.74, 6) is 0. The van der Waals surface area contributed by atoms with Crippen LogP contribution in [0.5, 0.6) is 0 Å². The molecule has 0 saturated carbocycles. The van der Waals surface area contributed by atoms with E-state index >= 15 is 0 Å². The number of hydrogen-bond donors (Lipinski definition) is 1. The normalized spacial score (nSPS) is 17.9. The second-order valence-corrected chi connectivity index (χ2v) is 6.46. The monoisotopic (exact) mass is 302 g/mol. The number of anilines is 1. The van der Waals surface area contributed by atoms with E-state index < -0.39 is 0 Å². The molecule has 1 aliphatic heterocycles. The minimum Gasteiger partial charge on any atom is -0.388 e. The molecular weight excluding hydrogens is 280 g/mol. The predicted octanol–water partition coefficient (Wildman–Crippen LogP) is 2.99. The largest absolute Gasteiger partial charge is 0.388 e. The molecule has 0 spiro atoms. The standard InChI is InChI=1S/C17H22N2OS/c20-16(17-7-4-14-21-17)8-9-18-10-12-19(13-11-18)15-5-2-1-3-6-15/h1-7,14,16,20H,8-13H2. The van der Waals surface area contributed by atoms with E-state index in [1.54, 1.807) is 11.3 Å². The Balaban J connectivity index is 1.44. The highest BCUT2D eigenvalue weighted by Crippen LogP contribution is 2.22. The van der Waals surface area contributed by atoms with Crippen LogP contribution in [0.2, 0.25) is 0 Å². The van der Waals surface area contributed by atoms with Gasteiger partial charge in [-0.2, -0.15) is 0 Å². The van der Waals surface area contributed by atoms with Crippen LogP contribution in [0.25, 0.3) is 0 Å². The molecule has 1 aliphatic rings. The highest BCUT2D eigenvalue weighted by atomic mass is 32.1. The lowest BCUT2D eigenvalue weighted by Gasteiger charge is -2.36. The summed E-state index contributed by atoms with van der Waals surface area (Å²) in [6, 6.07) is 14.6. The molecule has 1 aromatic heterocycles. The van der Waals surface area contributed by atoms with Crippen LogP contribution in [0.1, 0.15) is 17.4 Å². The molecule has 1 saturated heterocycles. The average Bonchev–Trinajstić information content (AvgIpc) is 3.08. The third-order valence-corrected chi connectivity index (χ3v) is 5.06. The zero-order valence-electron chi connectivity index (χ0n) is 12.2. The van der Waals surface area contributed by atoms with Crippen molar-refractivity contribution < 1.29 is 5.11 Å². The molecule has 21 heavy (non-hydrogen) atoms. The van der Waals surface area contributed by atoms with E-state index in [4.69, 9.17) is 0 Å². The van der Waals surface area contributed by atoms with Crippen LogP contribution in [0.3, 0.4) is 0 Å². The Kier molecular flexibility index (Phi) is 4.91. The first-order valence-electron chi connectivity index (χ1n) is 7.57. The van der Waals surface area contributed by atoms with Crippen molar-refractivity contribution in [1.82, 2.24) is 4.90 Å². The van der Waals surface area contributed by atoms with Gasteiger partial charge in [0.2, 0.25) is 0 Å². The van der Waals surface area contributed by atoms with Crippen LogP contribution < -0.4 is 4.90 Å². The molecule has 0 radical (unpaired) electrons. The summed E-state index contributed by atoms with van der Waals surface area (Å²) in [6.07, 6.45) is 0.517. The van der Waals surface area contributed by atoms with E-state index in [9.17, 15) is 5.11 Å². The summed E-state index contributed by atoms with van der Waals surface area (Å²) >= 11 is 1.64. The maximum atomic E-state index is 10.1. The zero-order chi connectivity index (χ0) is 14.5. The van der Waals surface area contributed by atoms with Crippen molar-refractivity contribution in [2.24, 2.45) is 0 Å². The average molecular weight is 302 g/mol. The summed E-state index contributed by atoms with van der Waals surface area (Å²) in [6.45, 7) is 5.26. The van der Waals surface area contributed by atoms with Gasteiger partial charge in [-0.15, -0.1) is 11.3 Å². The van der Waals surface area contributed by atoms with Crippen molar-refractivity contribution in [3.05, 3.63) is 52.7 Å². The SMILES string of the molecule is OC(CCN1CCN(c2ccccc2)CC1)c1cccs1. The van der Waals surface area contributed by atoms with Crippen molar-refractivity contribution in [3.63, 3.8) is 0 Å². The molecule has 112 valence electrons. The van der Waals surface area contributed by atoms with Gasteiger partial charge in [0.25, 0.3) is 0 Å². The van der Waals surface area contributed by atoms with Crippen LogP contribution in [0.4, 0.5) is 5.69 Å². The predicted molar refractivity (Wildman–Crippen MR) is 89.0 cm³/mol. The number of nitrogens with zero attached hydrogens (tertiary/aromatic N) is 2. The highest BCUT2D eigenvalue weighted by Gasteiger charge is 2.18. The molecule has 0 amide bonds. The van der Waals surface area contributed by atoms with E-state index in [-0.39, 0.29) is 6.10 Å². The lowest BCUT2D eigenvalue weighted by Crippen LogP contribution is -2.46. The quantitative estimate of drug-likeness (QED) is 0.920. The Bertz CT molecular complexity index is 521. The molecule has 4 heteroatoms. The van der Waals surface area contributed by atoms with Gasteiger partial charge in [-0.05, 0) is 30.0 Å². The first kappa shape index (κ1) is 14.6. The second-order valence-electron chi connectivity index (χ2n) is 5.48. The Morgan fingerprint density at radius 3 is 2.43 bits per heavy atom. The smallest absolute Gasteiger partial charge is 0.0894 e. The number of aliphatic hydroxyl groups is 1. The number of benzene rings is 1. The number of aliphatic hydroxyl groups excluding tert-OH is 1. The van der Waals surface area contributed by atoms with Crippen LogP contribution in [0, 0.1) is 0 Å². The number of para-hydroxylation sites is 1. The van der Waals surface area contributed by atoms with E-state index in [0.29, 0.717) is 0 Å². The van der Waals surface area contributed by atoms with E-state index in [0.717, 1.165) is 44.0 Å². The number of thiophene rings is 1. The molecule has 1 atom stereocenters. The van der Waals surface area contributed by atoms with Crippen molar-refractivity contribution in [1.29, 1.82) is 0 Å². The molecule has 1 unspecified atom stereocenters. The maximum absolute atomic E-state index is 10.1. The minimum absolute atomic E-state index is 0.308. The van der Waals surface area contributed by atoms with Gasteiger partial charge in [-0.25, -0.2) is 0 Å². The maximum Gasteiger partial charge on any atom is 0.0894 e.